The van der Waals surface area contributed by atoms with Crippen molar-refractivity contribution in [1.82, 2.24) is 5.32 Å². The number of rotatable bonds is 11. The standard InChI is InChI=1S/C24H29NO7/c1-16(2)14-31-20-11-10-18(13-21(20)29-3)23(27)32-15-22(26)25-19(24(28)30-4)12-17-8-6-5-7-9-17/h5-11,13,16,19H,12,14-15H2,1-4H3,(H,25,26)/t19-/m1/s1. The molecule has 0 aliphatic carbocycles. The Hall–Kier alpha value is -3.55. The van der Waals surface area contributed by atoms with Crippen molar-refractivity contribution in [2.24, 2.45) is 5.92 Å². The zero-order valence-corrected chi connectivity index (χ0v) is 18.8. The fourth-order valence-electron chi connectivity index (χ4n) is 2.81. The van der Waals surface area contributed by atoms with Crippen LogP contribution in [-0.4, -0.2) is 51.3 Å². The smallest absolute Gasteiger partial charge is 0.338 e. The first-order chi connectivity index (χ1) is 15.3. The molecule has 2 rings (SSSR count). The van der Waals surface area contributed by atoms with Crippen LogP contribution in [0.4, 0.5) is 0 Å². The molecule has 32 heavy (non-hydrogen) atoms. The van der Waals surface area contributed by atoms with Gasteiger partial charge in [0, 0.05) is 6.42 Å². The van der Waals surface area contributed by atoms with Crippen LogP contribution in [0.25, 0.3) is 0 Å². The molecule has 0 aliphatic rings. The van der Waals surface area contributed by atoms with Gasteiger partial charge in [-0.1, -0.05) is 44.2 Å². The third-order valence-corrected chi connectivity index (χ3v) is 4.41. The van der Waals surface area contributed by atoms with Gasteiger partial charge in [-0.2, -0.15) is 0 Å². The summed E-state index contributed by atoms with van der Waals surface area (Å²) in [6.45, 7) is 4.00. The summed E-state index contributed by atoms with van der Waals surface area (Å²) in [7, 11) is 2.72. The van der Waals surface area contributed by atoms with Gasteiger partial charge in [0.05, 0.1) is 26.4 Å². The number of carbonyl (C=O) groups excluding carboxylic acids is 3. The molecule has 0 aliphatic heterocycles. The van der Waals surface area contributed by atoms with Gasteiger partial charge in [-0.05, 0) is 29.7 Å². The van der Waals surface area contributed by atoms with E-state index in [1.165, 1.54) is 26.4 Å². The van der Waals surface area contributed by atoms with Crippen LogP contribution in [0.5, 0.6) is 11.5 Å². The van der Waals surface area contributed by atoms with Crippen molar-refractivity contribution in [3.8, 4) is 11.5 Å². The number of hydrogen-bond donors (Lipinski definition) is 1. The summed E-state index contributed by atoms with van der Waals surface area (Å²) < 4.78 is 20.8. The maximum absolute atomic E-state index is 12.4. The average Bonchev–Trinajstić information content (AvgIpc) is 2.80. The molecule has 0 saturated heterocycles. The Morgan fingerprint density at radius 1 is 0.969 bits per heavy atom. The van der Waals surface area contributed by atoms with E-state index in [1.54, 1.807) is 6.07 Å². The van der Waals surface area contributed by atoms with Crippen molar-refractivity contribution in [3.63, 3.8) is 0 Å². The van der Waals surface area contributed by atoms with Crippen molar-refractivity contribution >= 4 is 17.8 Å². The van der Waals surface area contributed by atoms with Crippen LogP contribution in [0.3, 0.4) is 0 Å². The summed E-state index contributed by atoms with van der Waals surface area (Å²) in [4.78, 5) is 36.7. The van der Waals surface area contributed by atoms with Crippen LogP contribution >= 0.6 is 0 Å². The fraction of sp³-hybridized carbons (Fsp3) is 0.375. The van der Waals surface area contributed by atoms with E-state index in [1.807, 2.05) is 44.2 Å². The molecule has 0 bridgehead atoms. The molecule has 0 radical (unpaired) electrons. The van der Waals surface area contributed by atoms with Crippen LogP contribution in [0.1, 0.15) is 29.8 Å². The van der Waals surface area contributed by atoms with E-state index in [2.05, 4.69) is 5.32 Å². The topological polar surface area (TPSA) is 100 Å². The van der Waals surface area contributed by atoms with E-state index in [0.29, 0.717) is 24.0 Å². The summed E-state index contributed by atoms with van der Waals surface area (Å²) >= 11 is 0. The van der Waals surface area contributed by atoms with E-state index in [-0.39, 0.29) is 12.0 Å². The van der Waals surface area contributed by atoms with Crippen LogP contribution in [0.2, 0.25) is 0 Å². The zero-order valence-electron chi connectivity index (χ0n) is 18.8. The average molecular weight is 443 g/mol. The number of benzene rings is 2. The summed E-state index contributed by atoms with van der Waals surface area (Å²) in [5.74, 6) is -0.676. The summed E-state index contributed by atoms with van der Waals surface area (Å²) in [6.07, 6.45) is 0.252. The largest absolute Gasteiger partial charge is 0.493 e. The second-order valence-electron chi connectivity index (χ2n) is 7.48. The number of methoxy groups -OCH3 is 2. The predicted molar refractivity (Wildman–Crippen MR) is 118 cm³/mol. The molecule has 2 aromatic rings. The number of carbonyl (C=O) groups is 3. The van der Waals surface area contributed by atoms with Crippen molar-refractivity contribution in [1.29, 1.82) is 0 Å². The van der Waals surface area contributed by atoms with Crippen molar-refractivity contribution in [2.45, 2.75) is 26.3 Å². The SMILES string of the molecule is COC(=O)[C@@H](Cc1ccccc1)NC(=O)COC(=O)c1ccc(OCC(C)C)c(OC)c1. The van der Waals surface area contributed by atoms with Gasteiger partial charge in [0.15, 0.2) is 18.1 Å². The van der Waals surface area contributed by atoms with Crippen LogP contribution in [-0.2, 0) is 25.5 Å². The first-order valence-electron chi connectivity index (χ1n) is 10.2. The monoisotopic (exact) mass is 443 g/mol. The summed E-state index contributed by atoms with van der Waals surface area (Å²) in [6, 6.07) is 12.9. The molecule has 8 nitrogen and oxygen atoms in total. The van der Waals surface area contributed by atoms with Crippen molar-refractivity contribution in [3.05, 3.63) is 59.7 Å². The van der Waals surface area contributed by atoms with Crippen molar-refractivity contribution < 1.29 is 33.3 Å². The fourth-order valence-corrected chi connectivity index (χ4v) is 2.81. The van der Waals surface area contributed by atoms with Gasteiger partial charge in [0.25, 0.3) is 5.91 Å². The van der Waals surface area contributed by atoms with E-state index < -0.39 is 30.5 Å². The Labute approximate surface area is 187 Å². The molecule has 1 atom stereocenters. The Bertz CT molecular complexity index is 912. The Morgan fingerprint density at radius 2 is 1.69 bits per heavy atom. The maximum atomic E-state index is 12.4. The Morgan fingerprint density at radius 3 is 2.31 bits per heavy atom. The van der Waals surface area contributed by atoms with Gasteiger partial charge < -0.3 is 24.3 Å². The number of amides is 1. The Balaban J connectivity index is 1.95. The Kier molecular flexibility index (Phi) is 9.53. The molecule has 1 N–H and O–H groups in total. The van der Waals surface area contributed by atoms with Gasteiger partial charge in [0.2, 0.25) is 0 Å². The molecule has 0 aromatic heterocycles. The summed E-state index contributed by atoms with van der Waals surface area (Å²) in [5, 5.41) is 2.55. The lowest BCUT2D eigenvalue weighted by Gasteiger charge is -2.17. The van der Waals surface area contributed by atoms with Crippen LogP contribution in [0, 0.1) is 5.92 Å². The van der Waals surface area contributed by atoms with E-state index in [4.69, 9.17) is 18.9 Å². The van der Waals surface area contributed by atoms with Gasteiger partial charge >= 0.3 is 11.9 Å². The number of ether oxygens (including phenoxy) is 4. The first-order valence-corrected chi connectivity index (χ1v) is 10.2. The predicted octanol–water partition coefficient (Wildman–Crippen LogP) is 2.79. The number of esters is 2. The lowest BCUT2D eigenvalue weighted by molar-refractivity contribution is -0.145. The molecular formula is C24H29NO7. The highest BCUT2D eigenvalue weighted by molar-refractivity contribution is 5.92. The molecule has 8 heteroatoms. The highest BCUT2D eigenvalue weighted by Gasteiger charge is 2.23. The third kappa shape index (κ3) is 7.61. The molecule has 0 spiro atoms. The molecule has 1 amide bonds. The zero-order chi connectivity index (χ0) is 23.5. The number of hydrogen-bond acceptors (Lipinski definition) is 7. The minimum absolute atomic E-state index is 0.209. The second kappa shape index (κ2) is 12.3. The molecule has 0 fully saturated rings. The maximum Gasteiger partial charge on any atom is 0.338 e. The molecule has 172 valence electrons. The molecular weight excluding hydrogens is 414 g/mol. The van der Waals surface area contributed by atoms with E-state index >= 15 is 0 Å². The van der Waals surface area contributed by atoms with Gasteiger partial charge in [-0.15, -0.1) is 0 Å². The minimum Gasteiger partial charge on any atom is -0.493 e. The highest BCUT2D eigenvalue weighted by atomic mass is 16.5. The third-order valence-electron chi connectivity index (χ3n) is 4.41. The van der Waals surface area contributed by atoms with E-state index in [9.17, 15) is 14.4 Å². The summed E-state index contributed by atoms with van der Waals surface area (Å²) in [5.41, 5.74) is 1.06. The first kappa shape index (κ1) is 24.7. The molecule has 0 unspecified atom stereocenters. The van der Waals surface area contributed by atoms with Crippen molar-refractivity contribution in [2.75, 3.05) is 27.4 Å². The second-order valence-corrected chi connectivity index (χ2v) is 7.48. The quantitative estimate of drug-likeness (QED) is 0.533. The molecule has 0 heterocycles. The van der Waals surface area contributed by atoms with Gasteiger partial charge in [-0.25, -0.2) is 9.59 Å². The highest BCUT2D eigenvalue weighted by Crippen LogP contribution is 2.28. The molecule has 0 saturated carbocycles. The lowest BCUT2D eigenvalue weighted by atomic mass is 10.1. The van der Waals surface area contributed by atoms with Crippen LogP contribution < -0.4 is 14.8 Å². The van der Waals surface area contributed by atoms with Gasteiger partial charge in [0.1, 0.15) is 6.04 Å². The normalized spacial score (nSPS) is 11.4. The van der Waals surface area contributed by atoms with E-state index in [0.717, 1.165) is 5.56 Å². The van der Waals surface area contributed by atoms with Gasteiger partial charge in [-0.3, -0.25) is 4.79 Å². The molecule has 2 aromatic carbocycles. The minimum atomic E-state index is -0.897. The lowest BCUT2D eigenvalue weighted by Crippen LogP contribution is -2.44. The number of nitrogens with one attached hydrogen (secondary N) is 1. The van der Waals surface area contributed by atoms with Crippen LogP contribution in [0.15, 0.2) is 48.5 Å².